The fourth-order valence-corrected chi connectivity index (χ4v) is 0.828. The van der Waals surface area contributed by atoms with E-state index in [0.717, 1.165) is 0 Å². The molecule has 48 valence electrons. The molecule has 0 unspecified atom stereocenters. The summed E-state index contributed by atoms with van der Waals surface area (Å²) in [6.07, 6.45) is 1.41. The summed E-state index contributed by atoms with van der Waals surface area (Å²) < 4.78 is 4.74. The highest BCUT2D eigenvalue weighted by Crippen LogP contribution is 2.15. The van der Waals surface area contributed by atoms with Crippen molar-refractivity contribution in [2.45, 2.75) is 25.4 Å². The van der Waals surface area contributed by atoms with Crippen LogP contribution in [0.4, 0.5) is 0 Å². The zero-order valence-electron chi connectivity index (χ0n) is 4.96. The number of esters is 1. The molecule has 1 atom stereocenters. The molecule has 0 aromatic carbocycles. The summed E-state index contributed by atoms with van der Waals surface area (Å²) in [7, 11) is 0. The number of nitriles is 1. The van der Waals surface area contributed by atoms with Crippen LogP contribution in [-0.4, -0.2) is 12.1 Å². The number of rotatable bonds is 1. The van der Waals surface area contributed by atoms with Crippen LogP contribution in [0, 0.1) is 11.3 Å². The van der Waals surface area contributed by atoms with Crippen LogP contribution in [0.1, 0.15) is 19.3 Å². The normalized spacial score (nSPS) is 25.2. The molecule has 3 nitrogen and oxygen atoms in total. The minimum atomic E-state index is -0.171. The fraction of sp³-hybridized carbons (Fsp3) is 0.667. The Kier molecular flexibility index (Phi) is 1.69. The lowest BCUT2D eigenvalue weighted by atomic mass is 10.2. The van der Waals surface area contributed by atoms with Gasteiger partial charge in [-0.3, -0.25) is 4.79 Å². The molecular formula is C6H7NO2. The molecule has 1 aliphatic heterocycles. The lowest BCUT2D eigenvalue weighted by molar-refractivity contribution is -0.141. The second kappa shape index (κ2) is 2.49. The summed E-state index contributed by atoms with van der Waals surface area (Å²) >= 11 is 0. The summed E-state index contributed by atoms with van der Waals surface area (Å²) in [5.41, 5.74) is 0. The van der Waals surface area contributed by atoms with Gasteiger partial charge in [-0.1, -0.05) is 0 Å². The maximum atomic E-state index is 10.4. The van der Waals surface area contributed by atoms with Crippen LogP contribution in [-0.2, 0) is 9.53 Å². The van der Waals surface area contributed by atoms with Crippen LogP contribution in [0.25, 0.3) is 0 Å². The Balaban J connectivity index is 2.32. The third-order valence-corrected chi connectivity index (χ3v) is 1.29. The van der Waals surface area contributed by atoms with Crippen LogP contribution in [0.3, 0.4) is 0 Å². The highest BCUT2D eigenvalue weighted by atomic mass is 16.5. The van der Waals surface area contributed by atoms with Gasteiger partial charge < -0.3 is 4.74 Å². The molecule has 0 spiro atoms. The first-order valence-corrected chi connectivity index (χ1v) is 2.89. The van der Waals surface area contributed by atoms with Gasteiger partial charge in [-0.25, -0.2) is 0 Å². The van der Waals surface area contributed by atoms with Gasteiger partial charge >= 0.3 is 5.97 Å². The second-order valence-electron chi connectivity index (χ2n) is 2.01. The molecule has 1 heterocycles. The van der Waals surface area contributed by atoms with Gasteiger partial charge in [0.2, 0.25) is 0 Å². The predicted octanol–water partition coefficient (Wildman–Crippen LogP) is 0.606. The molecule has 0 aliphatic carbocycles. The van der Waals surface area contributed by atoms with Crippen molar-refractivity contribution >= 4 is 5.97 Å². The summed E-state index contributed by atoms with van der Waals surface area (Å²) in [6, 6.07) is 1.95. The standard InChI is InChI=1S/C6H7NO2/c7-4-3-5-1-2-6(8)9-5/h5H,1-3H2/t5-/m0/s1. The van der Waals surface area contributed by atoms with Crippen molar-refractivity contribution in [3.05, 3.63) is 0 Å². The monoisotopic (exact) mass is 125 g/mol. The van der Waals surface area contributed by atoms with Crippen molar-refractivity contribution in [2.24, 2.45) is 0 Å². The molecule has 1 fully saturated rings. The largest absolute Gasteiger partial charge is 0.461 e. The van der Waals surface area contributed by atoms with E-state index in [-0.39, 0.29) is 12.1 Å². The van der Waals surface area contributed by atoms with Crippen LogP contribution in [0.15, 0.2) is 0 Å². The Hall–Kier alpha value is -1.04. The van der Waals surface area contributed by atoms with Gasteiger partial charge in [0.05, 0.1) is 12.5 Å². The van der Waals surface area contributed by atoms with Crippen LogP contribution in [0.2, 0.25) is 0 Å². The quantitative estimate of drug-likeness (QED) is 0.482. The van der Waals surface area contributed by atoms with Crippen molar-refractivity contribution < 1.29 is 9.53 Å². The van der Waals surface area contributed by atoms with Crippen molar-refractivity contribution in [3.8, 4) is 6.07 Å². The maximum Gasteiger partial charge on any atom is 0.306 e. The average Bonchev–Trinajstić information content (AvgIpc) is 2.17. The van der Waals surface area contributed by atoms with Crippen LogP contribution < -0.4 is 0 Å². The molecule has 1 saturated heterocycles. The SMILES string of the molecule is N#CC[C@@H]1CCC(=O)O1. The van der Waals surface area contributed by atoms with E-state index in [1.807, 2.05) is 6.07 Å². The number of hydrogen-bond donors (Lipinski definition) is 0. The van der Waals surface area contributed by atoms with Crippen molar-refractivity contribution in [1.29, 1.82) is 5.26 Å². The van der Waals surface area contributed by atoms with E-state index < -0.39 is 0 Å². The average molecular weight is 125 g/mol. The van der Waals surface area contributed by atoms with Gasteiger partial charge in [0.15, 0.2) is 0 Å². The Labute approximate surface area is 53.2 Å². The number of ether oxygens (including phenoxy) is 1. The van der Waals surface area contributed by atoms with E-state index in [9.17, 15) is 4.79 Å². The number of hydrogen-bond acceptors (Lipinski definition) is 3. The molecule has 0 saturated carbocycles. The van der Waals surface area contributed by atoms with Crippen molar-refractivity contribution in [3.63, 3.8) is 0 Å². The molecular weight excluding hydrogens is 118 g/mol. The van der Waals surface area contributed by atoms with Crippen LogP contribution >= 0.6 is 0 Å². The molecule has 1 aliphatic rings. The lowest BCUT2D eigenvalue weighted by Gasteiger charge is -2.00. The first-order chi connectivity index (χ1) is 4.33. The molecule has 1 rings (SSSR count). The predicted molar refractivity (Wildman–Crippen MR) is 29.3 cm³/mol. The topological polar surface area (TPSA) is 50.1 Å². The molecule has 0 bridgehead atoms. The second-order valence-corrected chi connectivity index (χ2v) is 2.01. The third-order valence-electron chi connectivity index (χ3n) is 1.29. The summed E-state index contributed by atoms with van der Waals surface area (Å²) in [6.45, 7) is 0. The highest BCUT2D eigenvalue weighted by Gasteiger charge is 2.22. The molecule has 0 N–H and O–H groups in total. The number of carbonyl (C=O) groups excluding carboxylic acids is 1. The van der Waals surface area contributed by atoms with Gasteiger partial charge in [0, 0.05) is 6.42 Å². The number of carbonyl (C=O) groups is 1. The van der Waals surface area contributed by atoms with Crippen molar-refractivity contribution in [1.82, 2.24) is 0 Å². The zero-order chi connectivity index (χ0) is 6.69. The molecule has 3 heteroatoms. The van der Waals surface area contributed by atoms with Gasteiger partial charge in [-0.2, -0.15) is 5.26 Å². The Bertz CT molecular complexity index is 159. The molecule has 9 heavy (non-hydrogen) atoms. The molecule has 0 amide bonds. The highest BCUT2D eigenvalue weighted by molar-refractivity contribution is 5.71. The van der Waals surface area contributed by atoms with Crippen LogP contribution in [0.5, 0.6) is 0 Å². The zero-order valence-corrected chi connectivity index (χ0v) is 4.96. The van der Waals surface area contributed by atoms with E-state index in [1.54, 1.807) is 0 Å². The molecule has 0 radical (unpaired) electrons. The lowest BCUT2D eigenvalue weighted by Crippen LogP contribution is -2.04. The summed E-state index contributed by atoms with van der Waals surface area (Å²) in [5, 5.41) is 8.17. The molecule has 0 aromatic heterocycles. The van der Waals surface area contributed by atoms with Gasteiger partial charge in [0.25, 0.3) is 0 Å². The minimum Gasteiger partial charge on any atom is -0.461 e. The molecule has 0 aromatic rings. The Morgan fingerprint density at radius 1 is 1.89 bits per heavy atom. The Morgan fingerprint density at radius 3 is 3.11 bits per heavy atom. The van der Waals surface area contributed by atoms with E-state index >= 15 is 0 Å². The van der Waals surface area contributed by atoms with E-state index in [2.05, 4.69) is 0 Å². The minimum absolute atomic E-state index is 0.123. The summed E-state index contributed by atoms with van der Waals surface area (Å²) in [4.78, 5) is 10.4. The fourth-order valence-electron chi connectivity index (χ4n) is 0.828. The van der Waals surface area contributed by atoms with Gasteiger partial charge in [0.1, 0.15) is 6.10 Å². The first-order valence-electron chi connectivity index (χ1n) is 2.89. The Morgan fingerprint density at radius 2 is 2.67 bits per heavy atom. The smallest absolute Gasteiger partial charge is 0.306 e. The van der Waals surface area contributed by atoms with Gasteiger partial charge in [-0.15, -0.1) is 0 Å². The number of cyclic esters (lactones) is 1. The maximum absolute atomic E-state index is 10.4. The van der Waals surface area contributed by atoms with E-state index in [1.165, 1.54) is 0 Å². The number of nitrogens with zero attached hydrogens (tertiary/aromatic N) is 1. The third kappa shape index (κ3) is 1.43. The van der Waals surface area contributed by atoms with E-state index in [4.69, 9.17) is 10.00 Å². The van der Waals surface area contributed by atoms with E-state index in [0.29, 0.717) is 19.3 Å². The first kappa shape index (κ1) is 6.09. The van der Waals surface area contributed by atoms with Gasteiger partial charge in [-0.05, 0) is 6.42 Å². The summed E-state index contributed by atoms with van der Waals surface area (Å²) in [5.74, 6) is -0.171. The van der Waals surface area contributed by atoms with Crippen molar-refractivity contribution in [2.75, 3.05) is 0 Å².